The molecule has 0 radical (unpaired) electrons. The molecule has 0 spiro atoms. The Kier molecular flexibility index (Phi) is 3.27. The number of amides is 1. The molecule has 0 unspecified atom stereocenters. The van der Waals surface area contributed by atoms with Crippen LogP contribution in [0.15, 0.2) is 10.6 Å². The van der Waals surface area contributed by atoms with Gasteiger partial charge < -0.3 is 9.84 Å². The van der Waals surface area contributed by atoms with Gasteiger partial charge in [0.2, 0.25) is 5.91 Å². The zero-order valence-corrected chi connectivity index (χ0v) is 9.26. The Morgan fingerprint density at radius 1 is 1.87 bits per heavy atom. The molecule has 1 aromatic rings. The maximum atomic E-state index is 11.6. The molecule has 1 aliphatic heterocycles. The van der Waals surface area contributed by atoms with Crippen molar-refractivity contribution in [1.82, 2.24) is 15.8 Å². The van der Waals surface area contributed by atoms with Gasteiger partial charge in [-0.25, -0.2) is 0 Å². The van der Waals surface area contributed by atoms with Crippen LogP contribution in [0, 0.1) is 6.92 Å². The Morgan fingerprint density at radius 3 is 3.33 bits per heavy atom. The maximum absolute atomic E-state index is 11.6. The summed E-state index contributed by atoms with van der Waals surface area (Å²) in [5.74, 6) is 2.39. The van der Waals surface area contributed by atoms with Crippen molar-refractivity contribution in [2.24, 2.45) is 0 Å². The second kappa shape index (κ2) is 4.67. The fraction of sp³-hybridized carbons (Fsp3) is 0.556. The highest BCUT2D eigenvalue weighted by Crippen LogP contribution is 2.09. The molecule has 1 aliphatic rings. The van der Waals surface area contributed by atoms with Crippen molar-refractivity contribution in [1.29, 1.82) is 0 Å². The number of carbonyl (C=O) groups excluding carboxylic acids is 1. The van der Waals surface area contributed by atoms with Crippen molar-refractivity contribution in [2.75, 3.05) is 11.6 Å². The summed E-state index contributed by atoms with van der Waals surface area (Å²) >= 11 is 1.73. The van der Waals surface area contributed by atoms with Crippen LogP contribution in [-0.4, -0.2) is 28.7 Å². The minimum absolute atomic E-state index is 0.0223. The minimum Gasteiger partial charge on any atom is -0.359 e. The van der Waals surface area contributed by atoms with Gasteiger partial charge in [0, 0.05) is 17.7 Å². The monoisotopic (exact) mass is 227 g/mol. The van der Waals surface area contributed by atoms with Crippen LogP contribution in [0.1, 0.15) is 11.5 Å². The van der Waals surface area contributed by atoms with Gasteiger partial charge in [-0.2, -0.15) is 0 Å². The van der Waals surface area contributed by atoms with Gasteiger partial charge in [0.15, 0.2) is 5.76 Å². The molecule has 2 heterocycles. The molecule has 0 bridgehead atoms. The summed E-state index contributed by atoms with van der Waals surface area (Å²) in [4.78, 5) is 11.6. The van der Waals surface area contributed by atoms with Crippen molar-refractivity contribution in [3.63, 3.8) is 0 Å². The largest absolute Gasteiger partial charge is 0.359 e. The molecule has 82 valence electrons. The highest BCUT2D eigenvalue weighted by atomic mass is 32.2. The van der Waals surface area contributed by atoms with Crippen molar-refractivity contribution in [3.05, 3.63) is 17.5 Å². The zero-order valence-electron chi connectivity index (χ0n) is 8.45. The van der Waals surface area contributed by atoms with Crippen LogP contribution in [0.5, 0.6) is 0 Å². The average molecular weight is 227 g/mol. The SMILES string of the molecule is Cc1cc(CNC(=O)[C@H]2CSCN2)on1. The summed E-state index contributed by atoms with van der Waals surface area (Å²) in [5, 5.41) is 9.65. The van der Waals surface area contributed by atoms with Crippen LogP contribution in [0.3, 0.4) is 0 Å². The Bertz CT molecular complexity index is 347. The third kappa shape index (κ3) is 2.73. The molecule has 0 saturated carbocycles. The Labute approximate surface area is 92.0 Å². The number of hydrogen-bond donors (Lipinski definition) is 2. The first-order chi connectivity index (χ1) is 7.25. The normalized spacial score (nSPS) is 20.5. The minimum atomic E-state index is -0.0704. The van der Waals surface area contributed by atoms with Gasteiger partial charge in [0.05, 0.1) is 18.3 Å². The molecule has 1 fully saturated rings. The molecule has 15 heavy (non-hydrogen) atoms. The lowest BCUT2D eigenvalue weighted by atomic mass is 10.3. The van der Waals surface area contributed by atoms with Crippen LogP contribution >= 0.6 is 11.8 Å². The van der Waals surface area contributed by atoms with E-state index in [4.69, 9.17) is 4.52 Å². The second-order valence-corrected chi connectivity index (χ2v) is 4.45. The first kappa shape index (κ1) is 10.5. The summed E-state index contributed by atoms with van der Waals surface area (Å²) in [5.41, 5.74) is 0.828. The van der Waals surface area contributed by atoms with Gasteiger partial charge in [-0.15, -0.1) is 11.8 Å². The zero-order chi connectivity index (χ0) is 10.7. The molecule has 1 saturated heterocycles. The van der Waals surface area contributed by atoms with Crippen molar-refractivity contribution in [3.8, 4) is 0 Å². The molecule has 6 heteroatoms. The fourth-order valence-corrected chi connectivity index (χ4v) is 2.30. The molecule has 2 N–H and O–H groups in total. The fourth-order valence-electron chi connectivity index (χ4n) is 1.36. The van der Waals surface area contributed by atoms with Gasteiger partial charge in [0.25, 0.3) is 0 Å². The molecule has 2 rings (SSSR count). The summed E-state index contributed by atoms with van der Waals surface area (Å²) in [6, 6.07) is 1.75. The highest BCUT2D eigenvalue weighted by molar-refractivity contribution is 7.99. The Balaban J connectivity index is 1.80. The first-order valence-electron chi connectivity index (χ1n) is 4.77. The Hall–Kier alpha value is -1.01. The van der Waals surface area contributed by atoms with E-state index in [0.29, 0.717) is 12.3 Å². The molecular weight excluding hydrogens is 214 g/mol. The lowest BCUT2D eigenvalue weighted by Crippen LogP contribution is -2.41. The Morgan fingerprint density at radius 2 is 2.73 bits per heavy atom. The van der Waals surface area contributed by atoms with Gasteiger partial charge in [-0.1, -0.05) is 5.16 Å². The van der Waals surface area contributed by atoms with E-state index in [-0.39, 0.29) is 11.9 Å². The van der Waals surface area contributed by atoms with E-state index in [1.165, 1.54) is 0 Å². The van der Waals surface area contributed by atoms with E-state index in [0.717, 1.165) is 17.3 Å². The number of thioether (sulfide) groups is 1. The summed E-state index contributed by atoms with van der Waals surface area (Å²) in [6.45, 7) is 2.26. The molecule has 0 aliphatic carbocycles. The maximum Gasteiger partial charge on any atom is 0.238 e. The number of rotatable bonds is 3. The summed E-state index contributed by atoms with van der Waals surface area (Å²) < 4.78 is 4.99. The summed E-state index contributed by atoms with van der Waals surface area (Å²) in [7, 11) is 0. The van der Waals surface area contributed by atoms with Gasteiger partial charge in [-0.05, 0) is 6.92 Å². The topological polar surface area (TPSA) is 67.2 Å². The van der Waals surface area contributed by atoms with Crippen LogP contribution in [0.2, 0.25) is 0 Å². The highest BCUT2D eigenvalue weighted by Gasteiger charge is 2.22. The molecule has 5 nitrogen and oxygen atoms in total. The average Bonchev–Trinajstić information content (AvgIpc) is 2.84. The second-order valence-electron chi connectivity index (χ2n) is 3.42. The van der Waals surface area contributed by atoms with Crippen molar-refractivity contribution in [2.45, 2.75) is 19.5 Å². The van der Waals surface area contributed by atoms with Crippen molar-refractivity contribution >= 4 is 17.7 Å². The predicted octanol–water partition coefficient (Wildman–Crippen LogP) is 0.262. The standard InChI is InChI=1S/C9H13N3O2S/c1-6-2-7(14-12-6)3-10-9(13)8-4-15-5-11-8/h2,8,11H,3-5H2,1H3,(H,10,13)/t8-/m1/s1. The molecule has 1 aromatic heterocycles. The summed E-state index contributed by atoms with van der Waals surface area (Å²) in [6.07, 6.45) is 0. The first-order valence-corrected chi connectivity index (χ1v) is 5.92. The van der Waals surface area contributed by atoms with E-state index in [2.05, 4.69) is 15.8 Å². The van der Waals surface area contributed by atoms with Crippen molar-refractivity contribution < 1.29 is 9.32 Å². The van der Waals surface area contributed by atoms with E-state index in [1.807, 2.05) is 13.0 Å². The van der Waals surface area contributed by atoms with Crippen LogP contribution in [0.25, 0.3) is 0 Å². The van der Waals surface area contributed by atoms with Crippen LogP contribution < -0.4 is 10.6 Å². The van der Waals surface area contributed by atoms with Gasteiger partial charge >= 0.3 is 0 Å². The molecule has 0 aromatic carbocycles. The van der Waals surface area contributed by atoms with Crippen LogP contribution in [-0.2, 0) is 11.3 Å². The van der Waals surface area contributed by atoms with E-state index in [1.54, 1.807) is 11.8 Å². The number of aryl methyl sites for hydroxylation is 1. The molecule has 1 amide bonds. The smallest absolute Gasteiger partial charge is 0.238 e. The van der Waals surface area contributed by atoms with E-state index >= 15 is 0 Å². The van der Waals surface area contributed by atoms with E-state index in [9.17, 15) is 4.79 Å². The predicted molar refractivity (Wildman–Crippen MR) is 57.3 cm³/mol. The van der Waals surface area contributed by atoms with E-state index < -0.39 is 0 Å². The lowest BCUT2D eigenvalue weighted by Gasteiger charge is -2.08. The molecule has 1 atom stereocenters. The number of nitrogens with zero attached hydrogens (tertiary/aromatic N) is 1. The quantitative estimate of drug-likeness (QED) is 0.775. The van der Waals surface area contributed by atoms with Gasteiger partial charge in [-0.3, -0.25) is 10.1 Å². The number of aromatic nitrogens is 1. The number of nitrogens with one attached hydrogen (secondary N) is 2. The number of hydrogen-bond acceptors (Lipinski definition) is 5. The number of carbonyl (C=O) groups is 1. The van der Waals surface area contributed by atoms with Crippen LogP contribution in [0.4, 0.5) is 0 Å². The molecular formula is C9H13N3O2S. The third-order valence-corrected chi connectivity index (χ3v) is 3.09. The van der Waals surface area contributed by atoms with Gasteiger partial charge in [0.1, 0.15) is 0 Å². The lowest BCUT2D eigenvalue weighted by molar-refractivity contribution is -0.122. The third-order valence-electron chi connectivity index (χ3n) is 2.15.